The van der Waals surface area contributed by atoms with E-state index in [1.165, 1.54) is 0 Å². The van der Waals surface area contributed by atoms with E-state index < -0.39 is 7.25 Å². The number of halogens is 4. The van der Waals surface area contributed by atoms with Gasteiger partial charge in [0.15, 0.2) is 0 Å². The van der Waals surface area contributed by atoms with Gasteiger partial charge < -0.3 is 22.7 Å². The smallest absolute Gasteiger partial charge is 0 e. The summed E-state index contributed by atoms with van der Waals surface area (Å²) in [7, 11) is -6.00. The molecule has 0 heterocycles. The first-order valence-corrected chi connectivity index (χ1v) is 1.89. The third-order valence-corrected chi connectivity index (χ3v) is 0. The van der Waals surface area contributed by atoms with Crippen LogP contribution in [0.4, 0.5) is 17.3 Å². The Morgan fingerprint density at radius 3 is 0.529 bits per heavy atom. The third kappa shape index (κ3) is 3260. The maximum atomic E-state index is 9.75. The summed E-state index contributed by atoms with van der Waals surface area (Å²) in [5.41, 5.74) is 0. The van der Waals surface area contributed by atoms with Gasteiger partial charge in [-0.05, 0) is 0 Å². The molecule has 0 aliphatic carbocycles. The fourth-order valence-electron chi connectivity index (χ4n) is 0. The van der Waals surface area contributed by atoms with Crippen LogP contribution in [0.5, 0.6) is 0 Å². The van der Waals surface area contributed by atoms with E-state index in [1.807, 2.05) is 0 Å². The Bertz CT molecular complexity index is 145. The predicted molar refractivity (Wildman–Crippen MR) is 33.4 cm³/mol. The number of hydrogen-bond donors (Lipinski definition) is 0. The van der Waals surface area contributed by atoms with Crippen molar-refractivity contribution in [3.63, 3.8) is 0 Å². The topological polar surface area (TPSA) is 131 Å². The molecule has 0 aliphatic rings. The average molecular weight is 431 g/mol. The molecule has 0 fully saturated rings. The largest absolute Gasteiger partial charge is 0 e. The molecule has 6 nitrogen and oxygen atoms in total. The van der Waals surface area contributed by atoms with Gasteiger partial charge in [-0.25, -0.2) is 0 Å². The molecule has 0 rings (SSSR count). The van der Waals surface area contributed by atoms with Crippen molar-refractivity contribution in [2.24, 2.45) is 0 Å². The van der Waals surface area contributed by atoms with Crippen molar-refractivity contribution < 1.29 is 66.4 Å². The molecular formula is C5H2BF4O6Re-. The Hall–Kier alpha value is -0.893. The van der Waals surface area contributed by atoms with Crippen LogP contribution in [0.25, 0.3) is 0 Å². The van der Waals surface area contributed by atoms with Gasteiger partial charge in [-0.1, -0.05) is 0 Å². The quantitative estimate of drug-likeness (QED) is 0.226. The molecule has 17 heavy (non-hydrogen) atoms. The summed E-state index contributed by atoms with van der Waals surface area (Å²) in [5, 5.41) is 0. The first-order chi connectivity index (χ1) is 7.00. The molecule has 0 atom stereocenters. The van der Waals surface area contributed by atoms with E-state index in [1.54, 1.807) is 0 Å². The summed E-state index contributed by atoms with van der Waals surface area (Å²) in [6, 6.07) is 0. The summed E-state index contributed by atoms with van der Waals surface area (Å²) >= 11 is 0. The third-order valence-electron chi connectivity index (χ3n) is 0. The fourth-order valence-corrected chi connectivity index (χ4v) is 0. The second kappa shape index (κ2) is 115. The maximum Gasteiger partial charge on any atom is 0 e. The van der Waals surface area contributed by atoms with Crippen LogP contribution >= 0.6 is 0 Å². The van der Waals surface area contributed by atoms with Crippen LogP contribution < -0.4 is 0 Å². The number of hydrogen-bond acceptors (Lipinski definition) is 0. The molecule has 0 saturated heterocycles. The molecule has 0 aromatic carbocycles. The van der Waals surface area contributed by atoms with Crippen molar-refractivity contribution in [3.05, 3.63) is 33.3 Å². The van der Waals surface area contributed by atoms with Crippen molar-refractivity contribution in [2.45, 2.75) is 0 Å². The maximum absolute atomic E-state index is 9.75. The van der Waals surface area contributed by atoms with Crippen molar-refractivity contribution in [2.75, 3.05) is 0 Å². The van der Waals surface area contributed by atoms with E-state index in [-0.39, 0.29) is 25.9 Å². The molecule has 0 aliphatic heterocycles. The SMILES string of the molecule is F[B-](F)(F)F.O.[C-]#[O+].[C-]#[O+].[C-]#[O+].[C-]#[O+].[C-]#[O+].[Re]. The van der Waals surface area contributed by atoms with Crippen LogP contribution in [0.1, 0.15) is 0 Å². The Balaban J connectivity index is -0.00000001000. The first-order valence-electron chi connectivity index (χ1n) is 1.89. The van der Waals surface area contributed by atoms with Crippen LogP contribution in [0.2, 0.25) is 0 Å². The Morgan fingerprint density at radius 2 is 0.529 bits per heavy atom. The molecule has 0 spiro atoms. The first kappa shape index (κ1) is 55.9. The van der Waals surface area contributed by atoms with Gasteiger partial charge in [0, 0.05) is 20.4 Å². The van der Waals surface area contributed by atoms with Crippen molar-refractivity contribution in [3.8, 4) is 0 Å². The zero-order valence-corrected chi connectivity index (χ0v) is 10.2. The molecule has 0 saturated carbocycles. The average Bonchev–Trinajstić information content (AvgIpc) is 2.29. The van der Waals surface area contributed by atoms with Crippen LogP contribution in [0.15, 0.2) is 0 Å². The summed E-state index contributed by atoms with van der Waals surface area (Å²) in [5.74, 6) is 0. The summed E-state index contributed by atoms with van der Waals surface area (Å²) in [6.45, 7) is 22.5. The van der Waals surface area contributed by atoms with E-state index in [2.05, 4.69) is 33.3 Å². The van der Waals surface area contributed by atoms with Crippen LogP contribution in [-0.4, -0.2) is 12.7 Å². The minimum atomic E-state index is -6.00. The van der Waals surface area contributed by atoms with E-state index in [0.29, 0.717) is 0 Å². The van der Waals surface area contributed by atoms with E-state index in [9.17, 15) is 17.3 Å². The predicted octanol–water partition coefficient (Wildman–Crippen LogP) is 0.285. The molecule has 0 amide bonds. The van der Waals surface area contributed by atoms with E-state index >= 15 is 0 Å². The minimum absolute atomic E-state index is 0. The molecule has 0 aromatic rings. The standard InChI is InChI=1S/5CO.BF4.H2O.Re/c5*1-2;2-1(3,4)5;;/h;;;;;;1H2;/q;;;;;-1;;. The van der Waals surface area contributed by atoms with Gasteiger partial charge in [0.2, 0.25) is 0 Å². The van der Waals surface area contributed by atoms with Gasteiger partial charge in [0.25, 0.3) is 0 Å². The molecule has 0 aromatic heterocycles. The summed E-state index contributed by atoms with van der Waals surface area (Å²) in [6.07, 6.45) is 0. The zero-order valence-electron chi connectivity index (χ0n) is 7.51. The van der Waals surface area contributed by atoms with Gasteiger partial charge in [0.1, 0.15) is 0 Å². The van der Waals surface area contributed by atoms with Gasteiger partial charge >= 0.3 is 63.8 Å². The van der Waals surface area contributed by atoms with Gasteiger partial charge in [-0.2, -0.15) is 0 Å². The molecule has 0 unspecified atom stereocenters. The monoisotopic (exact) mass is 432 g/mol. The van der Waals surface area contributed by atoms with Crippen LogP contribution in [0, 0.1) is 33.3 Å². The molecule has 2 N–H and O–H groups in total. The molecule has 97 valence electrons. The second-order valence-corrected chi connectivity index (χ2v) is 0.495. The number of rotatable bonds is 0. The van der Waals surface area contributed by atoms with Crippen molar-refractivity contribution >= 4 is 7.25 Å². The summed E-state index contributed by atoms with van der Waals surface area (Å²) < 4.78 is 76.5. The van der Waals surface area contributed by atoms with E-state index in [0.717, 1.165) is 0 Å². The Morgan fingerprint density at radius 1 is 0.529 bits per heavy atom. The van der Waals surface area contributed by atoms with Gasteiger partial charge in [-0.3, -0.25) is 0 Å². The van der Waals surface area contributed by atoms with Crippen LogP contribution in [0.3, 0.4) is 0 Å². The van der Waals surface area contributed by atoms with E-state index in [4.69, 9.17) is 23.3 Å². The molecule has 0 bridgehead atoms. The Labute approximate surface area is 107 Å². The summed E-state index contributed by atoms with van der Waals surface area (Å²) in [4.78, 5) is 0. The fraction of sp³-hybridized carbons (Fsp3) is 0. The second-order valence-electron chi connectivity index (χ2n) is 0.495. The van der Waals surface area contributed by atoms with Gasteiger partial charge in [-0.15, -0.1) is 0 Å². The normalized spacial score (nSPS) is 4.12. The van der Waals surface area contributed by atoms with Gasteiger partial charge in [0.05, 0.1) is 0 Å². The Kier molecular flexibility index (Phi) is 379. The molecular weight excluding hydrogens is 429 g/mol. The molecule has 12 heteroatoms. The molecule has 1 radical (unpaired) electrons. The van der Waals surface area contributed by atoms with Crippen molar-refractivity contribution in [1.82, 2.24) is 0 Å². The van der Waals surface area contributed by atoms with Crippen molar-refractivity contribution in [1.29, 1.82) is 0 Å². The minimum Gasteiger partial charge on any atom is 0 e. The zero-order chi connectivity index (χ0) is 14.5. The van der Waals surface area contributed by atoms with Crippen LogP contribution in [-0.2, 0) is 43.7 Å².